The average molecular weight is 463 g/mol. The van der Waals surface area contributed by atoms with Gasteiger partial charge in [0, 0.05) is 18.1 Å². The maximum atomic E-state index is 13.3. The van der Waals surface area contributed by atoms with Crippen molar-refractivity contribution in [2.75, 3.05) is 5.32 Å². The van der Waals surface area contributed by atoms with Gasteiger partial charge in [0.25, 0.3) is 5.56 Å². The van der Waals surface area contributed by atoms with Crippen molar-refractivity contribution in [3.8, 4) is 16.8 Å². The zero-order valence-electron chi connectivity index (χ0n) is 19.9. The van der Waals surface area contributed by atoms with E-state index in [0.29, 0.717) is 5.69 Å². The quantitative estimate of drug-likeness (QED) is 0.391. The number of amides is 1. The fourth-order valence-corrected chi connectivity index (χ4v) is 4.58. The molecule has 2 heterocycles. The van der Waals surface area contributed by atoms with Gasteiger partial charge in [-0.05, 0) is 48.7 Å². The van der Waals surface area contributed by atoms with Gasteiger partial charge in [-0.2, -0.15) is 0 Å². The van der Waals surface area contributed by atoms with E-state index in [2.05, 4.69) is 5.32 Å². The molecule has 0 saturated carbocycles. The lowest BCUT2D eigenvalue weighted by Gasteiger charge is -2.16. The zero-order chi connectivity index (χ0) is 24.5. The van der Waals surface area contributed by atoms with Gasteiger partial charge in [-0.1, -0.05) is 66.7 Å². The van der Waals surface area contributed by atoms with Gasteiger partial charge in [-0.25, -0.2) is 4.68 Å². The third-order valence-electron chi connectivity index (χ3n) is 6.42. The fourth-order valence-electron chi connectivity index (χ4n) is 4.58. The predicted molar refractivity (Wildman–Crippen MR) is 140 cm³/mol. The molecule has 0 aliphatic rings. The van der Waals surface area contributed by atoms with E-state index in [-0.39, 0.29) is 23.6 Å². The van der Waals surface area contributed by atoms with E-state index >= 15 is 0 Å². The van der Waals surface area contributed by atoms with Crippen LogP contribution in [0.2, 0.25) is 0 Å². The van der Waals surface area contributed by atoms with Gasteiger partial charge in [0.15, 0.2) is 0 Å². The Bertz CT molecular complexity index is 1600. The molecule has 0 spiro atoms. The van der Waals surface area contributed by atoms with Crippen molar-refractivity contribution < 1.29 is 4.79 Å². The Balaban J connectivity index is 1.55. The topological polar surface area (TPSA) is 68.9 Å². The van der Waals surface area contributed by atoms with E-state index in [1.165, 1.54) is 0 Å². The first kappa shape index (κ1) is 22.3. The average Bonchev–Trinajstić information content (AvgIpc) is 3.08. The van der Waals surface area contributed by atoms with E-state index < -0.39 is 0 Å². The van der Waals surface area contributed by atoms with Crippen molar-refractivity contribution >= 4 is 22.5 Å². The Morgan fingerprint density at radius 1 is 0.886 bits per heavy atom. The largest absolute Gasteiger partial charge is 0.320 e. The first-order chi connectivity index (χ1) is 17.0. The second-order valence-electron chi connectivity index (χ2n) is 8.60. The van der Waals surface area contributed by atoms with Gasteiger partial charge in [0.2, 0.25) is 5.91 Å². The van der Waals surface area contributed by atoms with Gasteiger partial charge >= 0.3 is 0 Å². The molecule has 0 unspecified atom stereocenters. The van der Waals surface area contributed by atoms with Crippen LogP contribution in [0.3, 0.4) is 0 Å². The number of aromatic nitrogens is 3. The molecule has 1 N–H and O–H groups in total. The lowest BCUT2D eigenvalue weighted by atomic mass is 9.92. The first-order valence-electron chi connectivity index (χ1n) is 11.5. The summed E-state index contributed by atoms with van der Waals surface area (Å²) in [7, 11) is 1.81. The number of hydrogen-bond donors (Lipinski definition) is 1. The molecule has 0 radical (unpaired) electrons. The van der Waals surface area contributed by atoms with E-state index in [4.69, 9.17) is 4.98 Å². The number of pyridine rings is 1. The van der Waals surface area contributed by atoms with E-state index in [0.717, 1.165) is 39.0 Å². The van der Waals surface area contributed by atoms with Crippen LogP contribution in [0.5, 0.6) is 0 Å². The molecule has 174 valence electrons. The maximum absolute atomic E-state index is 13.3. The summed E-state index contributed by atoms with van der Waals surface area (Å²) in [5.74, 6) is -0.256. The van der Waals surface area contributed by atoms with Gasteiger partial charge in [-0.3, -0.25) is 19.3 Å². The Morgan fingerprint density at radius 2 is 1.51 bits per heavy atom. The third-order valence-corrected chi connectivity index (χ3v) is 6.42. The highest BCUT2D eigenvalue weighted by Gasteiger charge is 2.21. The van der Waals surface area contributed by atoms with Crippen LogP contribution in [0.15, 0.2) is 89.7 Å². The van der Waals surface area contributed by atoms with Crippen molar-refractivity contribution in [2.24, 2.45) is 7.05 Å². The van der Waals surface area contributed by atoms with E-state index in [1.807, 2.05) is 106 Å². The van der Waals surface area contributed by atoms with Gasteiger partial charge in [0.05, 0.1) is 23.3 Å². The van der Waals surface area contributed by atoms with Crippen LogP contribution in [0, 0.1) is 13.8 Å². The molecule has 0 fully saturated rings. The molecule has 5 aromatic rings. The van der Waals surface area contributed by atoms with Gasteiger partial charge in [0.1, 0.15) is 5.69 Å². The number of carbonyl (C=O) groups excluding carboxylic acids is 1. The second kappa shape index (κ2) is 9.06. The number of fused-ring (bicyclic) bond motifs is 1. The van der Waals surface area contributed by atoms with E-state index in [1.54, 1.807) is 9.36 Å². The Morgan fingerprint density at radius 3 is 2.23 bits per heavy atom. The van der Waals surface area contributed by atoms with Crippen molar-refractivity contribution in [3.05, 3.63) is 112 Å². The summed E-state index contributed by atoms with van der Waals surface area (Å²) in [6, 6.07) is 27.4. The smallest absolute Gasteiger partial charge is 0.295 e. The van der Waals surface area contributed by atoms with Gasteiger partial charge < -0.3 is 5.32 Å². The summed E-state index contributed by atoms with van der Waals surface area (Å²) in [6.45, 7) is 3.76. The normalized spacial score (nSPS) is 11.1. The monoisotopic (exact) mass is 462 g/mol. The number of carbonyl (C=O) groups is 1. The van der Waals surface area contributed by atoms with Crippen molar-refractivity contribution in [1.29, 1.82) is 0 Å². The number of anilines is 1. The number of aryl methyl sites for hydroxylation is 1. The summed E-state index contributed by atoms with van der Waals surface area (Å²) < 4.78 is 3.31. The van der Waals surface area contributed by atoms with Crippen LogP contribution in [0.1, 0.15) is 17.0 Å². The second-order valence-corrected chi connectivity index (χ2v) is 8.60. The molecule has 3 aromatic carbocycles. The molecular formula is C29H26N4O2. The Kier molecular flexibility index (Phi) is 5.79. The molecule has 0 aliphatic heterocycles. The molecule has 0 atom stereocenters. The minimum atomic E-state index is -0.263. The zero-order valence-corrected chi connectivity index (χ0v) is 19.9. The highest BCUT2D eigenvalue weighted by molar-refractivity contribution is 6.00. The van der Waals surface area contributed by atoms with Crippen molar-refractivity contribution in [3.63, 3.8) is 0 Å². The van der Waals surface area contributed by atoms with Crippen molar-refractivity contribution in [2.45, 2.75) is 20.3 Å². The molecule has 0 bridgehead atoms. The summed E-state index contributed by atoms with van der Waals surface area (Å²) in [6.07, 6.45) is 0.104. The highest BCUT2D eigenvalue weighted by Crippen LogP contribution is 2.33. The minimum absolute atomic E-state index is 0.104. The molecule has 0 saturated heterocycles. The molecule has 2 aromatic heterocycles. The number of benzene rings is 3. The lowest BCUT2D eigenvalue weighted by molar-refractivity contribution is -0.115. The fraction of sp³-hybridized carbons (Fsp3) is 0.138. The van der Waals surface area contributed by atoms with Crippen LogP contribution in [0.4, 0.5) is 5.69 Å². The molecule has 35 heavy (non-hydrogen) atoms. The lowest BCUT2D eigenvalue weighted by Crippen LogP contribution is -2.24. The highest BCUT2D eigenvalue weighted by atomic mass is 16.2. The number of nitrogens with zero attached hydrogens (tertiary/aromatic N) is 3. The van der Waals surface area contributed by atoms with Crippen LogP contribution in [0.25, 0.3) is 27.7 Å². The molecule has 6 nitrogen and oxygen atoms in total. The SMILES string of the molecule is Cc1nc2ccccc2c(-c2ccccc2)c1CC(=O)Nc1c(C)n(C)n(-c2ccccc2)c1=O. The molecule has 0 aliphatic carbocycles. The molecule has 6 heteroatoms. The number of para-hydroxylation sites is 2. The van der Waals surface area contributed by atoms with Gasteiger partial charge in [-0.15, -0.1) is 0 Å². The molecular weight excluding hydrogens is 436 g/mol. The van der Waals surface area contributed by atoms with Crippen molar-refractivity contribution in [1.82, 2.24) is 14.3 Å². The summed E-state index contributed by atoms with van der Waals surface area (Å²) in [5, 5.41) is 3.89. The molecule has 1 amide bonds. The van der Waals surface area contributed by atoms with Crippen LogP contribution in [-0.2, 0) is 18.3 Å². The Labute approximate surface area is 203 Å². The van der Waals surface area contributed by atoms with Crippen LogP contribution < -0.4 is 10.9 Å². The number of hydrogen-bond acceptors (Lipinski definition) is 3. The number of nitrogens with one attached hydrogen (secondary N) is 1. The van der Waals surface area contributed by atoms with Crippen LogP contribution >= 0.6 is 0 Å². The summed E-state index contributed by atoms with van der Waals surface area (Å²) in [5.41, 5.74) is 6.00. The number of rotatable bonds is 5. The maximum Gasteiger partial charge on any atom is 0.295 e. The first-order valence-corrected chi connectivity index (χ1v) is 11.5. The minimum Gasteiger partial charge on any atom is -0.320 e. The third kappa shape index (κ3) is 4.04. The Hall–Kier alpha value is -4.45. The summed E-state index contributed by atoms with van der Waals surface area (Å²) in [4.78, 5) is 31.3. The summed E-state index contributed by atoms with van der Waals surface area (Å²) >= 11 is 0. The van der Waals surface area contributed by atoms with Crippen LogP contribution in [-0.4, -0.2) is 20.3 Å². The predicted octanol–water partition coefficient (Wildman–Crippen LogP) is 5.19. The standard InChI is InChI=1S/C29H26N4O2/c1-19-24(27(21-12-6-4-7-13-21)23-16-10-11-17-25(23)30-19)18-26(34)31-28-20(2)32(3)33(29(28)35)22-14-8-5-9-15-22/h4-17H,18H2,1-3H3,(H,31,34). The molecule has 5 rings (SSSR count). The van der Waals surface area contributed by atoms with E-state index in [9.17, 15) is 9.59 Å².